The van der Waals surface area contributed by atoms with Gasteiger partial charge >= 0.3 is 0 Å². The minimum atomic E-state index is 0. The van der Waals surface area contributed by atoms with E-state index in [1.165, 1.54) is 19.3 Å². The lowest BCUT2D eigenvalue weighted by atomic mass is 10.1. The molecule has 4 nitrogen and oxygen atoms in total. The summed E-state index contributed by atoms with van der Waals surface area (Å²) in [6, 6.07) is 4.13. The highest BCUT2D eigenvalue weighted by Gasteiger charge is 2.39. The number of nitrogens with zero attached hydrogens (tertiary/aromatic N) is 2. The number of carbonyl (C=O) groups is 1. The number of fused-ring (bicyclic) bond motifs is 2. The van der Waals surface area contributed by atoms with E-state index in [-0.39, 0.29) is 18.3 Å². The van der Waals surface area contributed by atoms with Crippen LogP contribution in [-0.2, 0) is 11.2 Å². The maximum atomic E-state index is 12.1. The first kappa shape index (κ1) is 13.1. The van der Waals surface area contributed by atoms with Gasteiger partial charge in [-0.15, -0.1) is 12.4 Å². The predicted octanol–water partition coefficient (Wildman–Crippen LogP) is 1.64. The maximum Gasteiger partial charge on any atom is 0.228 e. The lowest BCUT2D eigenvalue weighted by Gasteiger charge is -2.26. The average Bonchev–Trinajstić information content (AvgIpc) is 2.94. The molecular weight excluding hydrogens is 250 g/mol. The predicted molar refractivity (Wildman–Crippen MR) is 72.4 cm³/mol. The average molecular weight is 268 g/mol. The summed E-state index contributed by atoms with van der Waals surface area (Å²) in [4.78, 5) is 18.4. The zero-order valence-corrected chi connectivity index (χ0v) is 11.0. The molecule has 98 valence electrons. The Hall–Kier alpha value is -1.29. The molecule has 0 spiro atoms. The van der Waals surface area contributed by atoms with Crippen LogP contribution < -0.4 is 5.73 Å². The van der Waals surface area contributed by atoms with E-state index in [0.29, 0.717) is 18.2 Å². The maximum absolute atomic E-state index is 12.1. The number of amides is 1. The fourth-order valence-corrected chi connectivity index (χ4v) is 3.03. The Morgan fingerprint density at radius 3 is 2.83 bits per heavy atom. The first-order valence-electron chi connectivity index (χ1n) is 6.22. The van der Waals surface area contributed by atoms with Gasteiger partial charge in [-0.25, -0.2) is 0 Å². The highest BCUT2D eigenvalue weighted by atomic mass is 35.5. The normalized spacial score (nSPS) is 25.0. The number of rotatable bonds is 2. The van der Waals surface area contributed by atoms with Crippen LogP contribution in [-0.4, -0.2) is 28.4 Å². The molecule has 2 atom stereocenters. The van der Waals surface area contributed by atoms with E-state index in [0.717, 1.165) is 18.2 Å². The molecule has 18 heavy (non-hydrogen) atoms. The van der Waals surface area contributed by atoms with Crippen LogP contribution in [0.25, 0.3) is 0 Å². The summed E-state index contributed by atoms with van der Waals surface area (Å²) in [6.45, 7) is 0.957. The highest BCUT2D eigenvalue weighted by Crippen LogP contribution is 2.37. The van der Waals surface area contributed by atoms with Crippen LogP contribution in [0.15, 0.2) is 18.3 Å². The number of hydrogen-bond donors (Lipinski definition) is 1. The van der Waals surface area contributed by atoms with Gasteiger partial charge in [0, 0.05) is 18.3 Å². The van der Waals surface area contributed by atoms with Crippen LogP contribution in [0.4, 0.5) is 5.69 Å². The van der Waals surface area contributed by atoms with Crippen LogP contribution in [0, 0.1) is 5.92 Å². The lowest BCUT2D eigenvalue weighted by molar-refractivity contribution is -0.132. The van der Waals surface area contributed by atoms with E-state index >= 15 is 0 Å². The second kappa shape index (κ2) is 5.14. The summed E-state index contributed by atoms with van der Waals surface area (Å²) < 4.78 is 0. The van der Waals surface area contributed by atoms with E-state index in [1.54, 1.807) is 12.3 Å². The SMILES string of the molecule is Cl.Nc1ccc(CC(=O)N2CC3CCC2C3)nc1. The summed E-state index contributed by atoms with van der Waals surface area (Å²) in [5.74, 6) is 0.970. The third-order valence-electron chi connectivity index (χ3n) is 3.91. The number of nitrogens with two attached hydrogens (primary N) is 1. The summed E-state index contributed by atoms with van der Waals surface area (Å²) in [5, 5.41) is 0. The second-order valence-corrected chi connectivity index (χ2v) is 5.14. The number of anilines is 1. The van der Waals surface area contributed by atoms with Crippen molar-refractivity contribution in [3.8, 4) is 0 Å². The molecule has 0 aromatic carbocycles. The van der Waals surface area contributed by atoms with Gasteiger partial charge in [0.1, 0.15) is 0 Å². The smallest absolute Gasteiger partial charge is 0.228 e. The number of halogens is 1. The van der Waals surface area contributed by atoms with E-state index in [9.17, 15) is 4.79 Å². The molecule has 2 aliphatic rings. The van der Waals surface area contributed by atoms with Crippen LogP contribution in [0.3, 0.4) is 0 Å². The third-order valence-corrected chi connectivity index (χ3v) is 3.91. The van der Waals surface area contributed by atoms with Gasteiger partial charge in [0.05, 0.1) is 18.3 Å². The van der Waals surface area contributed by atoms with Gasteiger partial charge in [0.2, 0.25) is 5.91 Å². The topological polar surface area (TPSA) is 59.2 Å². The quantitative estimate of drug-likeness (QED) is 0.886. The van der Waals surface area contributed by atoms with Crippen molar-refractivity contribution in [2.45, 2.75) is 31.7 Å². The Morgan fingerprint density at radius 1 is 1.44 bits per heavy atom. The van der Waals surface area contributed by atoms with Crippen molar-refractivity contribution < 1.29 is 4.79 Å². The van der Waals surface area contributed by atoms with Crippen molar-refractivity contribution in [1.29, 1.82) is 0 Å². The van der Waals surface area contributed by atoms with E-state index in [1.807, 2.05) is 11.0 Å². The molecule has 1 saturated carbocycles. The molecule has 1 saturated heterocycles. The minimum Gasteiger partial charge on any atom is -0.397 e. The number of carbonyl (C=O) groups excluding carboxylic acids is 1. The lowest BCUT2D eigenvalue weighted by Crippen LogP contribution is -2.38. The van der Waals surface area contributed by atoms with Crippen LogP contribution >= 0.6 is 12.4 Å². The summed E-state index contributed by atoms with van der Waals surface area (Å²) in [5.41, 5.74) is 7.02. The molecule has 0 radical (unpaired) electrons. The number of pyridine rings is 1. The molecule has 1 aliphatic carbocycles. The zero-order valence-electron chi connectivity index (χ0n) is 10.2. The molecule has 5 heteroatoms. The number of aromatic nitrogens is 1. The van der Waals surface area contributed by atoms with Crippen molar-refractivity contribution in [2.24, 2.45) is 5.92 Å². The van der Waals surface area contributed by atoms with Crippen molar-refractivity contribution in [3.63, 3.8) is 0 Å². The van der Waals surface area contributed by atoms with Crippen molar-refractivity contribution in [1.82, 2.24) is 9.88 Å². The zero-order chi connectivity index (χ0) is 11.8. The Labute approximate surface area is 113 Å². The molecule has 2 unspecified atom stereocenters. The number of piperidine rings is 1. The Kier molecular flexibility index (Phi) is 3.76. The standard InChI is InChI=1S/C13H17N3O.ClH/c14-10-2-3-11(15-7-10)6-13(17)16-8-9-1-4-12(16)5-9;/h2-3,7,9,12H,1,4-6,8,14H2;1H. The van der Waals surface area contributed by atoms with Gasteiger partial charge in [-0.05, 0) is 37.3 Å². The van der Waals surface area contributed by atoms with Crippen LogP contribution in [0.1, 0.15) is 25.0 Å². The fraction of sp³-hybridized carbons (Fsp3) is 0.538. The van der Waals surface area contributed by atoms with E-state index in [2.05, 4.69) is 4.98 Å². The molecule has 1 aromatic heterocycles. The number of nitrogen functional groups attached to an aromatic ring is 1. The van der Waals surface area contributed by atoms with Gasteiger partial charge in [-0.1, -0.05) is 0 Å². The molecule has 3 rings (SSSR count). The monoisotopic (exact) mass is 267 g/mol. The summed E-state index contributed by atoms with van der Waals surface area (Å²) >= 11 is 0. The van der Waals surface area contributed by atoms with Gasteiger partial charge < -0.3 is 10.6 Å². The molecule has 2 fully saturated rings. The number of hydrogen-bond acceptors (Lipinski definition) is 3. The van der Waals surface area contributed by atoms with Gasteiger partial charge in [0.15, 0.2) is 0 Å². The van der Waals surface area contributed by atoms with Crippen molar-refractivity contribution >= 4 is 24.0 Å². The Balaban J connectivity index is 0.00000120. The van der Waals surface area contributed by atoms with E-state index in [4.69, 9.17) is 5.73 Å². The minimum absolute atomic E-state index is 0. The first-order valence-corrected chi connectivity index (χ1v) is 6.22. The second-order valence-electron chi connectivity index (χ2n) is 5.14. The summed E-state index contributed by atoms with van der Waals surface area (Å²) in [6.07, 6.45) is 5.71. The highest BCUT2D eigenvalue weighted by molar-refractivity contribution is 5.85. The molecule has 2 bridgehead atoms. The van der Waals surface area contributed by atoms with E-state index < -0.39 is 0 Å². The first-order chi connectivity index (χ1) is 8.22. The molecule has 2 N–H and O–H groups in total. The fourth-order valence-electron chi connectivity index (χ4n) is 3.03. The van der Waals surface area contributed by atoms with Crippen molar-refractivity contribution in [3.05, 3.63) is 24.0 Å². The van der Waals surface area contributed by atoms with Crippen LogP contribution in [0.2, 0.25) is 0 Å². The molecular formula is C13H18ClN3O. The third kappa shape index (κ3) is 2.43. The van der Waals surface area contributed by atoms with Crippen molar-refractivity contribution in [2.75, 3.05) is 12.3 Å². The number of likely N-dealkylation sites (tertiary alicyclic amines) is 1. The van der Waals surface area contributed by atoms with Crippen LogP contribution in [0.5, 0.6) is 0 Å². The Bertz CT molecular complexity index is 434. The van der Waals surface area contributed by atoms with Gasteiger partial charge in [-0.3, -0.25) is 9.78 Å². The van der Waals surface area contributed by atoms with Gasteiger partial charge in [-0.2, -0.15) is 0 Å². The largest absolute Gasteiger partial charge is 0.397 e. The molecule has 2 heterocycles. The molecule has 1 aliphatic heterocycles. The molecule has 1 amide bonds. The summed E-state index contributed by atoms with van der Waals surface area (Å²) in [7, 11) is 0. The van der Waals surface area contributed by atoms with Gasteiger partial charge in [0.25, 0.3) is 0 Å². The Morgan fingerprint density at radius 2 is 2.28 bits per heavy atom. The molecule has 1 aromatic rings.